The van der Waals surface area contributed by atoms with E-state index in [1.165, 1.54) is 5.56 Å². The molecule has 6 heteroatoms. The summed E-state index contributed by atoms with van der Waals surface area (Å²) in [4.78, 5) is 16.6. The summed E-state index contributed by atoms with van der Waals surface area (Å²) in [6, 6.07) is 12.0. The number of amides is 2. The first-order valence-corrected chi connectivity index (χ1v) is 8.44. The van der Waals surface area contributed by atoms with Gasteiger partial charge in [-0.2, -0.15) is 0 Å². The lowest BCUT2D eigenvalue weighted by atomic mass is 9.93. The van der Waals surface area contributed by atoms with Gasteiger partial charge < -0.3 is 24.3 Å². The average molecular weight is 343 g/mol. The predicted octanol–water partition coefficient (Wildman–Crippen LogP) is 2.53. The standard InChI is InChI=1S/C19H25N3O3/c1-21(2)18-13-22(19(23)20-11-16-5-4-10-25-16)12-17(18)14-6-8-15(24-3)9-7-14/h4-10,17-18H,11-13H2,1-3H3,(H,20,23)/t17-,18+/m0/s1. The Hall–Kier alpha value is -2.47. The Balaban J connectivity index is 1.67. The minimum absolute atomic E-state index is 0.0562. The van der Waals surface area contributed by atoms with Crippen molar-refractivity contribution in [1.29, 1.82) is 0 Å². The van der Waals surface area contributed by atoms with Crippen LogP contribution >= 0.6 is 0 Å². The number of carbonyl (C=O) groups excluding carboxylic acids is 1. The van der Waals surface area contributed by atoms with Crippen LogP contribution in [-0.4, -0.2) is 56.2 Å². The van der Waals surface area contributed by atoms with Crippen molar-refractivity contribution in [1.82, 2.24) is 15.1 Å². The van der Waals surface area contributed by atoms with Crippen LogP contribution in [0.1, 0.15) is 17.2 Å². The quantitative estimate of drug-likeness (QED) is 0.906. The van der Waals surface area contributed by atoms with Crippen LogP contribution in [0.15, 0.2) is 47.1 Å². The minimum atomic E-state index is -0.0562. The highest BCUT2D eigenvalue weighted by molar-refractivity contribution is 5.74. The molecule has 2 heterocycles. The van der Waals surface area contributed by atoms with Gasteiger partial charge >= 0.3 is 6.03 Å². The van der Waals surface area contributed by atoms with Gasteiger partial charge in [0.2, 0.25) is 0 Å². The molecule has 0 radical (unpaired) electrons. The van der Waals surface area contributed by atoms with E-state index in [-0.39, 0.29) is 18.0 Å². The van der Waals surface area contributed by atoms with E-state index in [4.69, 9.17) is 9.15 Å². The third-order valence-electron chi connectivity index (χ3n) is 4.78. The number of likely N-dealkylation sites (tertiary alicyclic amines) is 1. The smallest absolute Gasteiger partial charge is 0.317 e. The first kappa shape index (κ1) is 17.4. The molecule has 3 rings (SSSR count). The zero-order valence-corrected chi connectivity index (χ0v) is 14.9. The van der Waals surface area contributed by atoms with Crippen LogP contribution in [0.5, 0.6) is 5.75 Å². The highest BCUT2D eigenvalue weighted by Crippen LogP contribution is 2.31. The van der Waals surface area contributed by atoms with Gasteiger partial charge in [0.1, 0.15) is 11.5 Å². The van der Waals surface area contributed by atoms with Crippen LogP contribution < -0.4 is 10.1 Å². The summed E-state index contributed by atoms with van der Waals surface area (Å²) >= 11 is 0. The fraction of sp³-hybridized carbons (Fsp3) is 0.421. The molecular formula is C19H25N3O3. The average Bonchev–Trinajstić information content (AvgIpc) is 3.29. The maximum Gasteiger partial charge on any atom is 0.317 e. The Bertz CT molecular complexity index is 682. The molecule has 134 valence electrons. The van der Waals surface area contributed by atoms with Crippen LogP contribution in [0.25, 0.3) is 0 Å². The molecule has 0 unspecified atom stereocenters. The fourth-order valence-electron chi connectivity index (χ4n) is 3.34. The number of hydrogen-bond donors (Lipinski definition) is 1. The summed E-state index contributed by atoms with van der Waals surface area (Å²) in [6.45, 7) is 1.80. The van der Waals surface area contributed by atoms with Crippen molar-refractivity contribution in [2.24, 2.45) is 0 Å². The lowest BCUT2D eigenvalue weighted by Crippen LogP contribution is -2.40. The Morgan fingerprint density at radius 1 is 1.28 bits per heavy atom. The monoisotopic (exact) mass is 343 g/mol. The summed E-state index contributed by atoms with van der Waals surface area (Å²) in [5.41, 5.74) is 1.22. The Labute approximate surface area is 148 Å². The predicted molar refractivity (Wildman–Crippen MR) is 95.7 cm³/mol. The number of furan rings is 1. The van der Waals surface area contributed by atoms with Gasteiger partial charge in [-0.05, 0) is 43.9 Å². The topological polar surface area (TPSA) is 58.0 Å². The number of carbonyl (C=O) groups is 1. The van der Waals surface area contributed by atoms with E-state index in [1.54, 1.807) is 13.4 Å². The summed E-state index contributed by atoms with van der Waals surface area (Å²) in [5, 5.41) is 2.93. The number of urea groups is 1. The van der Waals surface area contributed by atoms with E-state index in [1.807, 2.05) is 29.2 Å². The molecule has 0 spiro atoms. The van der Waals surface area contributed by atoms with E-state index < -0.39 is 0 Å². The minimum Gasteiger partial charge on any atom is -0.497 e. The van der Waals surface area contributed by atoms with Gasteiger partial charge in [-0.25, -0.2) is 4.79 Å². The Morgan fingerprint density at radius 2 is 2.04 bits per heavy atom. The van der Waals surface area contributed by atoms with E-state index in [0.717, 1.165) is 11.5 Å². The molecule has 0 bridgehead atoms. The molecule has 1 aromatic carbocycles. The van der Waals surface area contributed by atoms with Gasteiger partial charge in [0.05, 0.1) is 19.9 Å². The SMILES string of the molecule is COc1ccc([C@@H]2CN(C(=O)NCc3ccco3)C[C@H]2N(C)C)cc1. The third kappa shape index (κ3) is 3.96. The molecule has 1 saturated heterocycles. The summed E-state index contributed by atoms with van der Waals surface area (Å²) in [6.07, 6.45) is 1.61. The summed E-state index contributed by atoms with van der Waals surface area (Å²) < 4.78 is 10.5. The summed E-state index contributed by atoms with van der Waals surface area (Å²) in [5.74, 6) is 1.87. The van der Waals surface area contributed by atoms with Crippen molar-refractivity contribution >= 4 is 6.03 Å². The van der Waals surface area contributed by atoms with Gasteiger partial charge in [0.15, 0.2) is 0 Å². The second-order valence-electron chi connectivity index (χ2n) is 6.55. The van der Waals surface area contributed by atoms with Crippen LogP contribution in [0.3, 0.4) is 0 Å². The van der Waals surface area contributed by atoms with E-state index in [9.17, 15) is 4.79 Å². The molecule has 0 saturated carbocycles. The number of likely N-dealkylation sites (N-methyl/N-ethyl adjacent to an activating group) is 1. The molecule has 2 aromatic rings. The molecular weight excluding hydrogens is 318 g/mol. The molecule has 2 amide bonds. The van der Waals surface area contributed by atoms with Gasteiger partial charge in [-0.3, -0.25) is 0 Å². The first-order valence-electron chi connectivity index (χ1n) is 8.44. The number of benzene rings is 1. The summed E-state index contributed by atoms with van der Waals surface area (Å²) in [7, 11) is 5.79. The second kappa shape index (κ2) is 7.61. The van der Waals surface area contributed by atoms with Crippen molar-refractivity contribution in [3.63, 3.8) is 0 Å². The number of ether oxygens (including phenoxy) is 1. The van der Waals surface area contributed by atoms with E-state index in [0.29, 0.717) is 19.6 Å². The lowest BCUT2D eigenvalue weighted by molar-refractivity contribution is 0.202. The van der Waals surface area contributed by atoms with E-state index in [2.05, 4.69) is 36.4 Å². The molecule has 25 heavy (non-hydrogen) atoms. The molecule has 1 aliphatic heterocycles. The maximum atomic E-state index is 12.5. The van der Waals surface area contributed by atoms with Crippen molar-refractivity contribution in [3.05, 3.63) is 54.0 Å². The third-order valence-corrected chi connectivity index (χ3v) is 4.78. The molecule has 0 aliphatic carbocycles. The number of nitrogens with zero attached hydrogens (tertiary/aromatic N) is 2. The van der Waals surface area contributed by atoms with Crippen molar-refractivity contribution in [2.75, 3.05) is 34.3 Å². The highest BCUT2D eigenvalue weighted by Gasteiger charge is 2.37. The highest BCUT2D eigenvalue weighted by atomic mass is 16.5. The number of methoxy groups -OCH3 is 1. The molecule has 2 atom stereocenters. The molecule has 1 aliphatic rings. The van der Waals surface area contributed by atoms with Gasteiger partial charge in [0, 0.05) is 25.0 Å². The van der Waals surface area contributed by atoms with Crippen molar-refractivity contribution in [3.8, 4) is 5.75 Å². The van der Waals surface area contributed by atoms with Gasteiger partial charge in [-0.1, -0.05) is 12.1 Å². The lowest BCUT2D eigenvalue weighted by Gasteiger charge is -2.25. The number of hydrogen-bond acceptors (Lipinski definition) is 4. The molecule has 1 aromatic heterocycles. The molecule has 1 fully saturated rings. The Kier molecular flexibility index (Phi) is 5.28. The number of nitrogens with one attached hydrogen (secondary N) is 1. The van der Waals surface area contributed by atoms with Crippen molar-refractivity contribution in [2.45, 2.75) is 18.5 Å². The normalized spacial score (nSPS) is 20.1. The zero-order valence-electron chi connectivity index (χ0n) is 14.9. The Morgan fingerprint density at radius 3 is 2.64 bits per heavy atom. The maximum absolute atomic E-state index is 12.5. The molecule has 6 nitrogen and oxygen atoms in total. The van der Waals surface area contributed by atoms with Crippen molar-refractivity contribution < 1.29 is 13.9 Å². The molecule has 1 N–H and O–H groups in total. The van der Waals surface area contributed by atoms with Gasteiger partial charge in [0.25, 0.3) is 0 Å². The van der Waals surface area contributed by atoms with E-state index >= 15 is 0 Å². The van der Waals surface area contributed by atoms with Crippen LogP contribution in [-0.2, 0) is 6.54 Å². The van der Waals surface area contributed by atoms with Crippen LogP contribution in [0, 0.1) is 0 Å². The number of rotatable bonds is 5. The zero-order chi connectivity index (χ0) is 17.8. The fourth-order valence-corrected chi connectivity index (χ4v) is 3.34. The van der Waals surface area contributed by atoms with Crippen LogP contribution in [0.2, 0.25) is 0 Å². The van der Waals surface area contributed by atoms with Crippen LogP contribution in [0.4, 0.5) is 4.79 Å². The first-order chi connectivity index (χ1) is 12.1. The largest absolute Gasteiger partial charge is 0.497 e. The second-order valence-corrected chi connectivity index (χ2v) is 6.55. The van der Waals surface area contributed by atoms with Gasteiger partial charge in [-0.15, -0.1) is 0 Å².